The summed E-state index contributed by atoms with van der Waals surface area (Å²) in [6, 6.07) is 1.51. The zero-order chi connectivity index (χ0) is 21.6. The number of hydrogen-bond acceptors (Lipinski definition) is 5. The third-order valence-corrected chi connectivity index (χ3v) is 5.12. The number of aromatic nitrogens is 1. The zero-order valence-electron chi connectivity index (χ0n) is 17.7. The summed E-state index contributed by atoms with van der Waals surface area (Å²) in [7, 11) is 3.96. The Morgan fingerprint density at radius 2 is 2.10 bits per heavy atom. The van der Waals surface area contributed by atoms with Gasteiger partial charge in [-0.15, -0.1) is 0 Å². The zero-order valence-corrected chi connectivity index (χ0v) is 17.7. The molecule has 29 heavy (non-hydrogen) atoms. The summed E-state index contributed by atoms with van der Waals surface area (Å²) in [4.78, 5) is 33.0. The van der Waals surface area contributed by atoms with Gasteiger partial charge in [-0.25, -0.2) is 4.98 Å². The number of amides is 2. The average Bonchev–Trinajstić information content (AvgIpc) is 2.69. The molecule has 1 aromatic rings. The number of nitrogens with one attached hydrogen (secondary N) is 1. The summed E-state index contributed by atoms with van der Waals surface area (Å²) in [6.07, 6.45) is 9.93. The van der Waals surface area contributed by atoms with Crippen molar-refractivity contribution in [2.75, 3.05) is 31.7 Å². The first-order valence-corrected chi connectivity index (χ1v) is 9.76. The molecular formula is C22H31N5O2. The van der Waals surface area contributed by atoms with Crippen molar-refractivity contribution in [2.24, 2.45) is 0 Å². The van der Waals surface area contributed by atoms with Gasteiger partial charge in [0.25, 0.3) is 0 Å². The quantitative estimate of drug-likeness (QED) is 0.589. The van der Waals surface area contributed by atoms with Gasteiger partial charge in [0.2, 0.25) is 0 Å². The number of hydrogen-bond donors (Lipinski definition) is 2. The van der Waals surface area contributed by atoms with E-state index in [4.69, 9.17) is 5.73 Å². The molecule has 7 nitrogen and oxygen atoms in total. The Balaban J connectivity index is 2.08. The summed E-state index contributed by atoms with van der Waals surface area (Å²) in [5, 5.41) is 2.63. The predicted octanol–water partition coefficient (Wildman–Crippen LogP) is 2.87. The van der Waals surface area contributed by atoms with Crippen LogP contribution in [0.1, 0.15) is 31.7 Å². The second-order valence-corrected chi connectivity index (χ2v) is 7.53. The van der Waals surface area contributed by atoms with Gasteiger partial charge >= 0.3 is 11.8 Å². The van der Waals surface area contributed by atoms with Gasteiger partial charge in [-0.3, -0.25) is 9.59 Å². The first-order chi connectivity index (χ1) is 13.7. The molecule has 1 aliphatic rings. The number of carbonyl (C=O) groups is 2. The summed E-state index contributed by atoms with van der Waals surface area (Å²) >= 11 is 0. The van der Waals surface area contributed by atoms with Crippen molar-refractivity contribution < 1.29 is 9.59 Å². The molecule has 0 aromatic carbocycles. The number of nitrogen functional groups attached to an aromatic ring is 1. The Labute approximate surface area is 173 Å². The largest absolute Gasteiger partial charge is 0.383 e. The van der Waals surface area contributed by atoms with Crippen LogP contribution in [0.5, 0.6) is 0 Å². The van der Waals surface area contributed by atoms with E-state index in [1.807, 2.05) is 44.1 Å². The highest BCUT2D eigenvalue weighted by Crippen LogP contribution is 2.24. The van der Waals surface area contributed by atoms with Crippen LogP contribution >= 0.6 is 0 Å². The van der Waals surface area contributed by atoms with Crippen LogP contribution in [0, 0.1) is 6.92 Å². The van der Waals surface area contributed by atoms with Gasteiger partial charge in [0.05, 0.1) is 17.9 Å². The third-order valence-electron chi connectivity index (χ3n) is 5.12. The fourth-order valence-corrected chi connectivity index (χ4v) is 3.10. The van der Waals surface area contributed by atoms with Crippen LogP contribution in [0.2, 0.25) is 0 Å². The molecule has 1 fully saturated rings. The molecule has 1 atom stereocenters. The lowest BCUT2D eigenvalue weighted by Gasteiger charge is -2.35. The molecule has 0 aliphatic carbocycles. The van der Waals surface area contributed by atoms with Gasteiger partial charge in [0, 0.05) is 26.3 Å². The van der Waals surface area contributed by atoms with E-state index >= 15 is 0 Å². The number of rotatable bonds is 5. The molecule has 0 saturated carbocycles. The van der Waals surface area contributed by atoms with E-state index in [0.29, 0.717) is 18.1 Å². The summed E-state index contributed by atoms with van der Waals surface area (Å²) < 4.78 is 0. The van der Waals surface area contributed by atoms with Gasteiger partial charge < -0.3 is 20.9 Å². The van der Waals surface area contributed by atoms with Crippen LogP contribution in [0.3, 0.4) is 0 Å². The standard InChI is InChI=1S/C22H31N5O2/c1-15(9-8-10-17(3)26(4)5)19-11-6-7-12-27(19)22(29)21(28)25-18-13-16(2)20(23)24-14-18/h8-10,13-14,19H,1,6-7,11-12H2,2-5H3,(H2,23,24)(H,25,28)/b9-8-,17-10+/t19-/m0/s1. The first kappa shape index (κ1) is 22.2. The fourth-order valence-electron chi connectivity index (χ4n) is 3.10. The van der Waals surface area contributed by atoms with E-state index in [2.05, 4.69) is 16.9 Å². The highest BCUT2D eigenvalue weighted by atomic mass is 16.2. The van der Waals surface area contributed by atoms with Crippen molar-refractivity contribution in [3.63, 3.8) is 0 Å². The molecule has 7 heteroatoms. The number of nitrogens with zero attached hydrogens (tertiary/aromatic N) is 3. The van der Waals surface area contributed by atoms with Crippen molar-refractivity contribution in [3.8, 4) is 0 Å². The number of pyridine rings is 1. The maximum Gasteiger partial charge on any atom is 0.313 e. The SMILES string of the molecule is C=C(/C=C\C=C(/C)N(C)C)[C@@H]1CCCCN1C(=O)C(=O)Nc1cnc(N)c(C)c1. The smallest absolute Gasteiger partial charge is 0.313 e. The van der Waals surface area contributed by atoms with Crippen LogP contribution in [-0.4, -0.2) is 53.3 Å². The Morgan fingerprint density at radius 1 is 1.38 bits per heavy atom. The van der Waals surface area contributed by atoms with E-state index in [-0.39, 0.29) is 6.04 Å². The Morgan fingerprint density at radius 3 is 2.76 bits per heavy atom. The highest BCUT2D eigenvalue weighted by Gasteiger charge is 2.31. The van der Waals surface area contributed by atoms with Crippen LogP contribution in [0.4, 0.5) is 11.5 Å². The minimum absolute atomic E-state index is 0.183. The summed E-state index contributed by atoms with van der Waals surface area (Å²) in [6.45, 7) is 8.49. The number of carbonyl (C=O) groups excluding carboxylic acids is 2. The van der Waals surface area contributed by atoms with Crippen LogP contribution in [-0.2, 0) is 9.59 Å². The van der Waals surface area contributed by atoms with Gasteiger partial charge in [0.1, 0.15) is 5.82 Å². The number of piperidine rings is 1. The van der Waals surface area contributed by atoms with Crippen molar-refractivity contribution in [3.05, 3.63) is 53.9 Å². The van der Waals surface area contributed by atoms with E-state index in [9.17, 15) is 9.59 Å². The van der Waals surface area contributed by atoms with Gasteiger partial charge in [-0.1, -0.05) is 18.7 Å². The van der Waals surface area contributed by atoms with E-state index in [1.54, 1.807) is 17.9 Å². The van der Waals surface area contributed by atoms with Crippen molar-refractivity contribution in [1.82, 2.24) is 14.8 Å². The molecule has 0 radical (unpaired) electrons. The number of allylic oxidation sites excluding steroid dienone is 3. The molecule has 156 valence electrons. The van der Waals surface area contributed by atoms with Gasteiger partial charge in [-0.2, -0.15) is 0 Å². The highest BCUT2D eigenvalue weighted by molar-refractivity contribution is 6.39. The minimum Gasteiger partial charge on any atom is -0.383 e. The van der Waals surface area contributed by atoms with E-state index in [1.165, 1.54) is 6.20 Å². The second kappa shape index (κ2) is 9.91. The maximum absolute atomic E-state index is 12.8. The molecule has 1 aromatic heterocycles. The van der Waals surface area contributed by atoms with Crippen molar-refractivity contribution in [1.29, 1.82) is 0 Å². The molecule has 2 rings (SSSR count). The minimum atomic E-state index is -0.678. The Hall–Kier alpha value is -3.09. The van der Waals surface area contributed by atoms with E-state index in [0.717, 1.165) is 36.1 Å². The van der Waals surface area contributed by atoms with Gasteiger partial charge in [-0.05, 0) is 56.4 Å². The molecule has 0 spiro atoms. The van der Waals surface area contributed by atoms with Crippen LogP contribution in [0.15, 0.2) is 48.3 Å². The fraction of sp³-hybridized carbons (Fsp3) is 0.409. The summed E-state index contributed by atoms with van der Waals surface area (Å²) in [5.74, 6) is -0.839. The lowest BCUT2D eigenvalue weighted by Crippen LogP contribution is -2.48. The number of nitrogens with two attached hydrogens (primary N) is 1. The lowest BCUT2D eigenvalue weighted by atomic mass is 9.95. The molecule has 0 bridgehead atoms. The first-order valence-electron chi connectivity index (χ1n) is 9.76. The number of aryl methyl sites for hydroxylation is 1. The third kappa shape index (κ3) is 5.94. The normalized spacial score (nSPS) is 17.3. The molecule has 2 amide bonds. The monoisotopic (exact) mass is 397 g/mol. The lowest BCUT2D eigenvalue weighted by molar-refractivity contribution is -0.145. The number of likely N-dealkylation sites (tertiary alicyclic amines) is 1. The molecule has 1 aliphatic heterocycles. The van der Waals surface area contributed by atoms with Crippen molar-refractivity contribution in [2.45, 2.75) is 39.2 Å². The topological polar surface area (TPSA) is 91.6 Å². The molecule has 3 N–H and O–H groups in total. The maximum atomic E-state index is 12.8. The molecule has 0 unspecified atom stereocenters. The van der Waals surface area contributed by atoms with Crippen LogP contribution in [0.25, 0.3) is 0 Å². The predicted molar refractivity (Wildman–Crippen MR) is 117 cm³/mol. The molecule has 1 saturated heterocycles. The molecule has 2 heterocycles. The van der Waals surface area contributed by atoms with E-state index < -0.39 is 11.8 Å². The number of anilines is 2. The van der Waals surface area contributed by atoms with Crippen LogP contribution < -0.4 is 11.1 Å². The second-order valence-electron chi connectivity index (χ2n) is 7.53. The summed E-state index contributed by atoms with van der Waals surface area (Å²) in [5.41, 5.74) is 8.82. The Kier molecular flexibility index (Phi) is 7.59. The van der Waals surface area contributed by atoms with Gasteiger partial charge in [0.15, 0.2) is 0 Å². The molecular weight excluding hydrogens is 366 g/mol. The van der Waals surface area contributed by atoms with Crippen molar-refractivity contribution >= 4 is 23.3 Å². The average molecular weight is 398 g/mol. The Bertz CT molecular complexity index is 842.